The van der Waals surface area contributed by atoms with Crippen LogP contribution in [0.1, 0.15) is 25.5 Å². The van der Waals surface area contributed by atoms with Gasteiger partial charge in [0.15, 0.2) is 0 Å². The van der Waals surface area contributed by atoms with E-state index >= 15 is 0 Å². The number of allylic oxidation sites excluding steroid dienone is 1. The number of amides is 2. The SMILES string of the molecule is CCOC(=O)C1=C(C)NC(=O)N[C@H]1c1ccc(Cl)cc1Cl. The van der Waals surface area contributed by atoms with Crippen molar-refractivity contribution in [2.75, 3.05) is 6.61 Å². The lowest BCUT2D eigenvalue weighted by molar-refractivity contribution is -0.139. The first kappa shape index (κ1) is 15.7. The predicted octanol–water partition coefficient (Wildman–Crippen LogP) is 3.18. The molecule has 2 rings (SSSR count). The van der Waals surface area contributed by atoms with Crippen LogP contribution in [-0.4, -0.2) is 18.6 Å². The van der Waals surface area contributed by atoms with Crippen molar-refractivity contribution in [3.8, 4) is 0 Å². The fourth-order valence-corrected chi connectivity index (χ4v) is 2.66. The quantitative estimate of drug-likeness (QED) is 0.837. The van der Waals surface area contributed by atoms with Crippen molar-refractivity contribution in [2.45, 2.75) is 19.9 Å². The standard InChI is InChI=1S/C14H14Cl2N2O3/c1-3-21-13(19)11-7(2)17-14(20)18-12(11)9-5-4-8(15)6-10(9)16/h4-6,12H,3H2,1-2H3,(H2,17,18,20)/t12-/m0/s1. The van der Waals surface area contributed by atoms with Gasteiger partial charge < -0.3 is 15.4 Å². The van der Waals surface area contributed by atoms with Gasteiger partial charge in [-0.25, -0.2) is 9.59 Å². The molecule has 0 radical (unpaired) electrons. The lowest BCUT2D eigenvalue weighted by Crippen LogP contribution is -2.45. The Kier molecular flexibility index (Phi) is 4.75. The predicted molar refractivity (Wildman–Crippen MR) is 80.2 cm³/mol. The Balaban J connectivity index is 2.49. The van der Waals surface area contributed by atoms with Crippen molar-refractivity contribution in [2.24, 2.45) is 0 Å². The molecule has 1 aromatic carbocycles. The van der Waals surface area contributed by atoms with Gasteiger partial charge in [0.05, 0.1) is 18.2 Å². The van der Waals surface area contributed by atoms with Crippen LogP contribution in [0.4, 0.5) is 4.79 Å². The smallest absolute Gasteiger partial charge is 0.338 e. The monoisotopic (exact) mass is 328 g/mol. The molecule has 0 saturated heterocycles. The van der Waals surface area contributed by atoms with Crippen LogP contribution in [0.5, 0.6) is 0 Å². The van der Waals surface area contributed by atoms with Gasteiger partial charge in [0.2, 0.25) is 0 Å². The summed E-state index contributed by atoms with van der Waals surface area (Å²) >= 11 is 12.0. The van der Waals surface area contributed by atoms with E-state index in [1.165, 1.54) is 0 Å². The first-order valence-corrected chi connectivity index (χ1v) is 7.10. The molecule has 1 aliphatic rings. The lowest BCUT2D eigenvalue weighted by atomic mass is 9.95. The summed E-state index contributed by atoms with van der Waals surface area (Å²) in [6, 6.07) is 3.80. The van der Waals surface area contributed by atoms with Gasteiger partial charge in [-0.15, -0.1) is 0 Å². The Hall–Kier alpha value is -1.72. The molecule has 0 aromatic heterocycles. The van der Waals surface area contributed by atoms with Gasteiger partial charge >= 0.3 is 12.0 Å². The van der Waals surface area contributed by atoms with Crippen LogP contribution < -0.4 is 10.6 Å². The summed E-state index contributed by atoms with van der Waals surface area (Å²) in [5, 5.41) is 6.07. The molecule has 1 atom stereocenters. The van der Waals surface area contributed by atoms with Gasteiger partial charge in [0, 0.05) is 15.7 Å². The van der Waals surface area contributed by atoms with Crippen molar-refractivity contribution < 1.29 is 14.3 Å². The summed E-state index contributed by atoms with van der Waals surface area (Å²) in [5.41, 5.74) is 1.34. The fourth-order valence-electron chi connectivity index (χ4n) is 2.14. The first-order chi connectivity index (χ1) is 9.93. The normalized spacial score (nSPS) is 18.1. The molecule has 7 heteroatoms. The van der Waals surface area contributed by atoms with E-state index in [4.69, 9.17) is 27.9 Å². The van der Waals surface area contributed by atoms with E-state index < -0.39 is 18.0 Å². The molecule has 0 saturated carbocycles. The van der Waals surface area contributed by atoms with Crippen molar-refractivity contribution in [1.82, 2.24) is 10.6 Å². The zero-order valence-electron chi connectivity index (χ0n) is 11.5. The number of esters is 1. The number of nitrogens with one attached hydrogen (secondary N) is 2. The minimum atomic E-state index is -0.678. The second kappa shape index (κ2) is 6.37. The second-order valence-electron chi connectivity index (χ2n) is 4.46. The zero-order valence-corrected chi connectivity index (χ0v) is 13.0. The van der Waals surface area contributed by atoms with Gasteiger partial charge in [-0.2, -0.15) is 0 Å². The van der Waals surface area contributed by atoms with E-state index in [9.17, 15) is 9.59 Å². The van der Waals surface area contributed by atoms with E-state index in [0.717, 1.165) is 0 Å². The molecular formula is C14H14Cl2N2O3. The fraction of sp³-hybridized carbons (Fsp3) is 0.286. The summed E-state index contributed by atoms with van der Waals surface area (Å²) < 4.78 is 5.05. The van der Waals surface area contributed by atoms with Gasteiger partial charge in [0.1, 0.15) is 0 Å². The lowest BCUT2D eigenvalue weighted by Gasteiger charge is -2.28. The number of ether oxygens (including phenoxy) is 1. The highest BCUT2D eigenvalue weighted by atomic mass is 35.5. The third kappa shape index (κ3) is 3.31. The van der Waals surface area contributed by atoms with Crippen LogP contribution in [0.2, 0.25) is 10.0 Å². The first-order valence-electron chi connectivity index (χ1n) is 6.34. The molecule has 112 valence electrons. The number of carbonyl (C=O) groups is 2. The van der Waals surface area contributed by atoms with Gasteiger partial charge in [0.25, 0.3) is 0 Å². The molecule has 2 amide bonds. The molecule has 1 heterocycles. The molecule has 1 aliphatic heterocycles. The summed E-state index contributed by atoms with van der Waals surface area (Å²) in [6.07, 6.45) is 0. The molecule has 0 bridgehead atoms. The van der Waals surface area contributed by atoms with Crippen molar-refractivity contribution in [3.63, 3.8) is 0 Å². The Morgan fingerprint density at radius 3 is 2.71 bits per heavy atom. The highest BCUT2D eigenvalue weighted by Crippen LogP contribution is 2.33. The molecule has 0 unspecified atom stereocenters. The highest BCUT2D eigenvalue weighted by Gasteiger charge is 2.33. The zero-order chi connectivity index (χ0) is 15.6. The van der Waals surface area contributed by atoms with E-state index in [1.54, 1.807) is 32.0 Å². The summed E-state index contributed by atoms with van der Waals surface area (Å²) in [5.74, 6) is -0.501. The molecule has 0 fully saturated rings. The van der Waals surface area contributed by atoms with Gasteiger partial charge in [-0.3, -0.25) is 0 Å². The Morgan fingerprint density at radius 1 is 1.38 bits per heavy atom. The number of urea groups is 1. The van der Waals surface area contributed by atoms with E-state index in [0.29, 0.717) is 26.9 Å². The minimum absolute atomic E-state index is 0.241. The number of hydrogen-bond donors (Lipinski definition) is 2. The number of rotatable bonds is 3. The van der Waals surface area contributed by atoms with Crippen LogP contribution in [-0.2, 0) is 9.53 Å². The molecule has 21 heavy (non-hydrogen) atoms. The number of halogens is 2. The van der Waals surface area contributed by atoms with Crippen LogP contribution >= 0.6 is 23.2 Å². The van der Waals surface area contributed by atoms with Crippen molar-refractivity contribution in [3.05, 3.63) is 45.1 Å². The maximum absolute atomic E-state index is 12.1. The van der Waals surface area contributed by atoms with Gasteiger partial charge in [-0.1, -0.05) is 29.3 Å². The molecule has 0 spiro atoms. The van der Waals surface area contributed by atoms with E-state index in [-0.39, 0.29) is 6.61 Å². The third-order valence-electron chi connectivity index (χ3n) is 3.04. The van der Waals surface area contributed by atoms with Crippen molar-refractivity contribution in [1.29, 1.82) is 0 Å². The number of benzene rings is 1. The Labute approximate surface area is 132 Å². The van der Waals surface area contributed by atoms with Crippen LogP contribution in [0, 0.1) is 0 Å². The Morgan fingerprint density at radius 2 is 2.10 bits per heavy atom. The second-order valence-corrected chi connectivity index (χ2v) is 5.30. The van der Waals surface area contributed by atoms with Crippen molar-refractivity contribution >= 4 is 35.2 Å². The largest absolute Gasteiger partial charge is 0.463 e. The van der Waals surface area contributed by atoms with Crippen LogP contribution in [0.15, 0.2) is 29.5 Å². The number of carbonyl (C=O) groups excluding carboxylic acids is 2. The molecular weight excluding hydrogens is 315 g/mol. The summed E-state index contributed by atoms with van der Waals surface area (Å²) in [4.78, 5) is 23.8. The van der Waals surface area contributed by atoms with Gasteiger partial charge in [-0.05, 0) is 31.5 Å². The minimum Gasteiger partial charge on any atom is -0.463 e. The summed E-state index contributed by atoms with van der Waals surface area (Å²) in [7, 11) is 0. The molecule has 5 nitrogen and oxygen atoms in total. The average Bonchev–Trinajstić information content (AvgIpc) is 2.37. The molecule has 1 aromatic rings. The maximum Gasteiger partial charge on any atom is 0.338 e. The maximum atomic E-state index is 12.1. The van der Waals surface area contributed by atoms with E-state index in [1.807, 2.05) is 0 Å². The van der Waals surface area contributed by atoms with Crippen LogP contribution in [0.25, 0.3) is 0 Å². The highest BCUT2D eigenvalue weighted by molar-refractivity contribution is 6.35. The summed E-state index contributed by atoms with van der Waals surface area (Å²) in [6.45, 7) is 3.60. The number of hydrogen-bond acceptors (Lipinski definition) is 3. The Bertz CT molecular complexity index is 629. The molecule has 2 N–H and O–H groups in total. The van der Waals surface area contributed by atoms with E-state index in [2.05, 4.69) is 10.6 Å². The van der Waals surface area contributed by atoms with Crippen LogP contribution in [0.3, 0.4) is 0 Å². The third-order valence-corrected chi connectivity index (χ3v) is 3.60. The topological polar surface area (TPSA) is 67.4 Å². The molecule has 0 aliphatic carbocycles. The average molecular weight is 329 g/mol.